The van der Waals surface area contributed by atoms with Gasteiger partial charge >= 0.3 is 0 Å². The van der Waals surface area contributed by atoms with E-state index in [9.17, 15) is 9.18 Å². The molecule has 0 fully saturated rings. The number of nitrogens with zero attached hydrogens (tertiary/aromatic N) is 1. The van der Waals surface area contributed by atoms with Crippen molar-refractivity contribution in [1.82, 2.24) is 5.32 Å². The highest BCUT2D eigenvalue weighted by Crippen LogP contribution is 2.27. The van der Waals surface area contributed by atoms with Crippen LogP contribution in [0.25, 0.3) is 0 Å². The lowest BCUT2D eigenvalue weighted by Crippen LogP contribution is -2.32. The number of carbonyl (C=O) groups excluding carboxylic acids is 1. The molecule has 0 aliphatic carbocycles. The number of nitrogens with one attached hydrogen (secondary N) is 1. The smallest absolute Gasteiger partial charge is 0.259 e. The van der Waals surface area contributed by atoms with Crippen LogP contribution in [0.3, 0.4) is 0 Å². The summed E-state index contributed by atoms with van der Waals surface area (Å²) in [6.45, 7) is -0.319. The normalized spacial score (nSPS) is 11.4. The number of benzene rings is 2. The van der Waals surface area contributed by atoms with Gasteiger partial charge in [-0.05, 0) is 35.9 Å². The lowest BCUT2D eigenvalue weighted by molar-refractivity contribution is -0.123. The summed E-state index contributed by atoms with van der Waals surface area (Å²) in [5, 5.41) is 12.3. The van der Waals surface area contributed by atoms with E-state index in [0.717, 1.165) is 0 Å². The van der Waals surface area contributed by atoms with E-state index in [1.54, 1.807) is 12.1 Å². The first-order chi connectivity index (χ1) is 11.0. The number of hydrogen-bond donors (Lipinski definition) is 1. The second-order valence-electron chi connectivity index (χ2n) is 4.54. The molecule has 0 heterocycles. The van der Waals surface area contributed by atoms with Gasteiger partial charge < -0.3 is 10.1 Å². The highest BCUT2D eigenvalue weighted by molar-refractivity contribution is 6.35. The minimum Gasteiger partial charge on any atom is -0.482 e. The number of halogens is 3. The zero-order valence-corrected chi connectivity index (χ0v) is 13.2. The molecule has 0 bridgehead atoms. The molecule has 0 saturated heterocycles. The summed E-state index contributed by atoms with van der Waals surface area (Å²) in [6.07, 6.45) is 0. The van der Waals surface area contributed by atoms with Crippen molar-refractivity contribution < 1.29 is 13.9 Å². The Kier molecular flexibility index (Phi) is 5.80. The Morgan fingerprint density at radius 1 is 1.26 bits per heavy atom. The van der Waals surface area contributed by atoms with Crippen LogP contribution in [0.1, 0.15) is 11.6 Å². The molecule has 0 aliphatic heterocycles. The molecule has 0 aromatic heterocycles. The molecule has 0 radical (unpaired) electrons. The number of carbonyl (C=O) groups is 1. The minimum atomic E-state index is -0.896. The average molecular weight is 353 g/mol. The largest absolute Gasteiger partial charge is 0.482 e. The number of amides is 1. The van der Waals surface area contributed by atoms with Crippen LogP contribution in [0.2, 0.25) is 10.0 Å². The SMILES string of the molecule is N#C[C@@H](NC(=O)COc1ccc(Cl)cc1Cl)c1ccc(F)cc1. The molecule has 2 aromatic rings. The quantitative estimate of drug-likeness (QED) is 0.887. The second kappa shape index (κ2) is 7.82. The summed E-state index contributed by atoms with van der Waals surface area (Å²) >= 11 is 11.7. The first-order valence-corrected chi connectivity index (χ1v) is 7.27. The van der Waals surface area contributed by atoms with Crippen molar-refractivity contribution >= 4 is 29.1 Å². The Bertz CT molecular complexity index is 745. The van der Waals surface area contributed by atoms with E-state index in [0.29, 0.717) is 16.3 Å². The van der Waals surface area contributed by atoms with E-state index in [4.69, 9.17) is 33.2 Å². The maximum atomic E-state index is 12.9. The number of rotatable bonds is 5. The molecule has 23 heavy (non-hydrogen) atoms. The van der Waals surface area contributed by atoms with Gasteiger partial charge in [0, 0.05) is 5.02 Å². The van der Waals surface area contributed by atoms with E-state index in [-0.39, 0.29) is 11.6 Å². The fourth-order valence-electron chi connectivity index (χ4n) is 1.78. The van der Waals surface area contributed by atoms with E-state index >= 15 is 0 Å². The second-order valence-corrected chi connectivity index (χ2v) is 5.39. The molecule has 2 aromatic carbocycles. The van der Waals surface area contributed by atoms with Crippen molar-refractivity contribution in [3.8, 4) is 11.8 Å². The molecule has 1 atom stereocenters. The highest BCUT2D eigenvalue weighted by Gasteiger charge is 2.15. The lowest BCUT2D eigenvalue weighted by atomic mass is 10.1. The average Bonchev–Trinajstić information content (AvgIpc) is 2.52. The summed E-state index contributed by atoms with van der Waals surface area (Å²) in [5.74, 6) is -0.620. The molecule has 1 amide bonds. The van der Waals surface area contributed by atoms with Gasteiger partial charge in [0.15, 0.2) is 6.61 Å². The van der Waals surface area contributed by atoms with Crippen molar-refractivity contribution in [1.29, 1.82) is 5.26 Å². The topological polar surface area (TPSA) is 62.1 Å². The Morgan fingerprint density at radius 3 is 2.57 bits per heavy atom. The molecular weight excluding hydrogens is 342 g/mol. The van der Waals surface area contributed by atoms with Crippen LogP contribution >= 0.6 is 23.2 Å². The molecule has 4 nitrogen and oxygen atoms in total. The van der Waals surface area contributed by atoms with Gasteiger partial charge in [0.1, 0.15) is 17.6 Å². The lowest BCUT2D eigenvalue weighted by Gasteiger charge is -2.13. The molecule has 0 spiro atoms. The highest BCUT2D eigenvalue weighted by atomic mass is 35.5. The molecule has 0 unspecified atom stereocenters. The van der Waals surface area contributed by atoms with Gasteiger partial charge in [0.2, 0.25) is 0 Å². The Hall–Kier alpha value is -2.29. The van der Waals surface area contributed by atoms with E-state index in [1.165, 1.54) is 30.3 Å². The molecule has 0 saturated carbocycles. The van der Waals surface area contributed by atoms with Crippen molar-refractivity contribution in [2.75, 3.05) is 6.61 Å². The van der Waals surface area contributed by atoms with Crippen LogP contribution in [0.15, 0.2) is 42.5 Å². The van der Waals surface area contributed by atoms with Crippen LogP contribution in [0.4, 0.5) is 4.39 Å². The third kappa shape index (κ3) is 4.85. The molecular formula is C16H11Cl2FN2O2. The third-order valence-corrected chi connectivity index (χ3v) is 3.42. The maximum Gasteiger partial charge on any atom is 0.259 e. The van der Waals surface area contributed by atoms with Gasteiger partial charge in [-0.3, -0.25) is 4.79 Å². The van der Waals surface area contributed by atoms with Gasteiger partial charge in [-0.1, -0.05) is 35.3 Å². The van der Waals surface area contributed by atoms with E-state index in [1.807, 2.05) is 6.07 Å². The number of hydrogen-bond acceptors (Lipinski definition) is 3. The van der Waals surface area contributed by atoms with Crippen molar-refractivity contribution in [2.24, 2.45) is 0 Å². The predicted octanol–water partition coefficient (Wildman–Crippen LogP) is 3.89. The van der Waals surface area contributed by atoms with Crippen LogP contribution < -0.4 is 10.1 Å². The third-order valence-electron chi connectivity index (χ3n) is 2.89. The number of ether oxygens (including phenoxy) is 1. The summed E-state index contributed by atoms with van der Waals surface area (Å²) < 4.78 is 18.2. The van der Waals surface area contributed by atoms with Crippen molar-refractivity contribution in [3.63, 3.8) is 0 Å². The van der Waals surface area contributed by atoms with Gasteiger partial charge in [-0.2, -0.15) is 5.26 Å². The zero-order valence-electron chi connectivity index (χ0n) is 11.7. The fourth-order valence-corrected chi connectivity index (χ4v) is 2.25. The molecule has 1 N–H and O–H groups in total. The summed E-state index contributed by atoms with van der Waals surface area (Å²) in [6, 6.07) is 10.9. The molecule has 0 aliphatic rings. The van der Waals surface area contributed by atoms with Crippen LogP contribution in [-0.4, -0.2) is 12.5 Å². The van der Waals surface area contributed by atoms with Gasteiger partial charge in [-0.25, -0.2) is 4.39 Å². The first-order valence-electron chi connectivity index (χ1n) is 6.52. The monoisotopic (exact) mass is 352 g/mol. The predicted molar refractivity (Wildman–Crippen MR) is 84.9 cm³/mol. The molecule has 2 rings (SSSR count). The summed E-state index contributed by atoms with van der Waals surface area (Å²) in [5.41, 5.74) is 0.478. The zero-order chi connectivity index (χ0) is 16.8. The van der Waals surface area contributed by atoms with Crippen molar-refractivity contribution in [3.05, 3.63) is 63.9 Å². The van der Waals surface area contributed by atoms with Gasteiger partial charge in [-0.15, -0.1) is 0 Å². The fraction of sp³-hybridized carbons (Fsp3) is 0.125. The first kappa shape index (κ1) is 17.1. The van der Waals surface area contributed by atoms with Crippen LogP contribution in [-0.2, 0) is 4.79 Å². The Morgan fingerprint density at radius 2 is 1.96 bits per heavy atom. The van der Waals surface area contributed by atoms with E-state index < -0.39 is 17.8 Å². The standard InChI is InChI=1S/C16H11Cl2FN2O2/c17-11-3-6-15(13(18)7-11)23-9-16(22)21-14(8-20)10-1-4-12(19)5-2-10/h1-7,14H,9H2,(H,21,22)/t14-/m1/s1. The summed E-state index contributed by atoms with van der Waals surface area (Å²) in [4.78, 5) is 11.9. The van der Waals surface area contributed by atoms with Crippen LogP contribution in [0.5, 0.6) is 5.75 Å². The molecule has 7 heteroatoms. The van der Waals surface area contributed by atoms with Gasteiger partial charge in [0.25, 0.3) is 5.91 Å². The summed E-state index contributed by atoms with van der Waals surface area (Å²) in [7, 11) is 0. The Balaban J connectivity index is 1.95. The van der Waals surface area contributed by atoms with E-state index in [2.05, 4.69) is 5.32 Å². The molecule has 118 valence electrons. The van der Waals surface area contributed by atoms with Crippen molar-refractivity contribution in [2.45, 2.75) is 6.04 Å². The Labute approximate surface area is 142 Å². The maximum absolute atomic E-state index is 12.9. The van der Waals surface area contributed by atoms with Gasteiger partial charge in [0.05, 0.1) is 11.1 Å². The minimum absolute atomic E-state index is 0.278. The number of nitriles is 1. The van der Waals surface area contributed by atoms with Crippen LogP contribution in [0, 0.1) is 17.1 Å².